The number of pyridine rings is 1. The zero-order chi connectivity index (χ0) is 12.4. The fourth-order valence-electron chi connectivity index (χ4n) is 3.66. The Morgan fingerprint density at radius 1 is 1.33 bits per heavy atom. The van der Waals surface area contributed by atoms with Gasteiger partial charge in [0.15, 0.2) is 0 Å². The lowest BCUT2D eigenvalue weighted by Crippen LogP contribution is -2.26. The van der Waals surface area contributed by atoms with Crippen LogP contribution in [-0.4, -0.2) is 18.6 Å². The fourth-order valence-corrected chi connectivity index (χ4v) is 3.66. The summed E-state index contributed by atoms with van der Waals surface area (Å²) in [5, 5.41) is 3.59. The molecule has 3 rings (SSSR count). The molecule has 2 saturated carbocycles. The molecular formula is C15H22N2O. The van der Waals surface area contributed by atoms with E-state index in [0.29, 0.717) is 5.88 Å². The van der Waals surface area contributed by atoms with Crippen LogP contribution in [0.25, 0.3) is 0 Å². The number of ether oxygens (including phenoxy) is 1. The van der Waals surface area contributed by atoms with Gasteiger partial charge in [-0.1, -0.05) is 12.5 Å². The monoisotopic (exact) mass is 246 g/mol. The summed E-state index contributed by atoms with van der Waals surface area (Å²) >= 11 is 0. The maximum absolute atomic E-state index is 5.06. The predicted molar refractivity (Wildman–Crippen MR) is 71.4 cm³/mol. The van der Waals surface area contributed by atoms with E-state index in [1.54, 1.807) is 7.11 Å². The zero-order valence-electron chi connectivity index (χ0n) is 11.1. The third-order valence-corrected chi connectivity index (χ3v) is 4.63. The summed E-state index contributed by atoms with van der Waals surface area (Å²) in [5.74, 6) is 3.67. The predicted octanol–water partition coefficient (Wildman–Crippen LogP) is 2.62. The van der Waals surface area contributed by atoms with Gasteiger partial charge in [-0.2, -0.15) is 0 Å². The second-order valence-electron chi connectivity index (χ2n) is 5.77. The molecule has 0 saturated heterocycles. The minimum Gasteiger partial charge on any atom is -0.481 e. The molecule has 1 aromatic rings. The molecule has 2 aliphatic carbocycles. The van der Waals surface area contributed by atoms with Gasteiger partial charge in [-0.3, -0.25) is 0 Å². The standard InChI is InChI=1S/C15H22N2O/c1-18-15-5-3-12(9-17-15)8-16-10-14-7-11-2-4-13(14)6-11/h3,5,9,11,13-14,16H,2,4,6-8,10H2,1H3. The maximum Gasteiger partial charge on any atom is 0.212 e. The summed E-state index contributed by atoms with van der Waals surface area (Å²) in [5.41, 5.74) is 1.24. The first kappa shape index (κ1) is 12.0. The SMILES string of the molecule is COc1ccc(CNCC2CC3CCC2C3)cn1. The van der Waals surface area contributed by atoms with Gasteiger partial charge in [-0.25, -0.2) is 4.98 Å². The highest BCUT2D eigenvalue weighted by Crippen LogP contribution is 2.47. The highest BCUT2D eigenvalue weighted by molar-refractivity contribution is 5.17. The van der Waals surface area contributed by atoms with Crippen LogP contribution in [0.3, 0.4) is 0 Å². The summed E-state index contributed by atoms with van der Waals surface area (Å²) in [6, 6.07) is 4.01. The van der Waals surface area contributed by atoms with Crippen molar-refractivity contribution in [2.45, 2.75) is 32.2 Å². The summed E-state index contributed by atoms with van der Waals surface area (Å²) < 4.78 is 5.06. The van der Waals surface area contributed by atoms with Crippen molar-refractivity contribution in [1.29, 1.82) is 0 Å². The van der Waals surface area contributed by atoms with Crippen LogP contribution < -0.4 is 10.1 Å². The minimum absolute atomic E-state index is 0.687. The number of fused-ring (bicyclic) bond motifs is 2. The summed E-state index contributed by atoms with van der Waals surface area (Å²) in [7, 11) is 1.65. The molecule has 3 atom stereocenters. The van der Waals surface area contributed by atoms with E-state index in [4.69, 9.17) is 4.74 Å². The van der Waals surface area contributed by atoms with E-state index < -0.39 is 0 Å². The number of nitrogens with zero attached hydrogens (tertiary/aromatic N) is 1. The molecule has 2 fully saturated rings. The van der Waals surface area contributed by atoms with Crippen LogP contribution in [0.5, 0.6) is 5.88 Å². The van der Waals surface area contributed by atoms with Crippen LogP contribution in [0.1, 0.15) is 31.2 Å². The Bertz CT molecular complexity index is 390. The van der Waals surface area contributed by atoms with Crippen molar-refractivity contribution in [3.8, 4) is 5.88 Å². The van der Waals surface area contributed by atoms with E-state index in [1.165, 1.54) is 37.8 Å². The Morgan fingerprint density at radius 3 is 2.89 bits per heavy atom. The molecule has 0 radical (unpaired) electrons. The lowest BCUT2D eigenvalue weighted by Gasteiger charge is -2.21. The molecule has 0 aliphatic heterocycles. The molecule has 2 aliphatic rings. The molecule has 0 spiro atoms. The third kappa shape index (κ3) is 2.51. The first-order valence-electron chi connectivity index (χ1n) is 7.05. The van der Waals surface area contributed by atoms with Gasteiger partial charge in [-0.05, 0) is 49.1 Å². The van der Waals surface area contributed by atoms with Crippen molar-refractivity contribution in [2.24, 2.45) is 17.8 Å². The zero-order valence-corrected chi connectivity index (χ0v) is 11.1. The van der Waals surface area contributed by atoms with Crippen LogP contribution in [-0.2, 0) is 6.54 Å². The van der Waals surface area contributed by atoms with E-state index in [0.717, 1.165) is 24.3 Å². The number of methoxy groups -OCH3 is 1. The Kier molecular flexibility index (Phi) is 3.50. The van der Waals surface area contributed by atoms with Crippen molar-refractivity contribution >= 4 is 0 Å². The molecule has 1 aromatic heterocycles. The minimum atomic E-state index is 0.687. The van der Waals surface area contributed by atoms with Crippen LogP contribution in [0.15, 0.2) is 18.3 Å². The molecular weight excluding hydrogens is 224 g/mol. The largest absolute Gasteiger partial charge is 0.481 e. The van der Waals surface area contributed by atoms with Crippen LogP contribution in [0, 0.1) is 17.8 Å². The number of aromatic nitrogens is 1. The summed E-state index contributed by atoms with van der Waals surface area (Å²) in [4.78, 5) is 4.22. The number of rotatable bonds is 5. The van der Waals surface area contributed by atoms with Gasteiger partial charge in [0.2, 0.25) is 5.88 Å². The van der Waals surface area contributed by atoms with Gasteiger partial charge in [0, 0.05) is 18.8 Å². The molecule has 1 heterocycles. The van der Waals surface area contributed by atoms with E-state index in [9.17, 15) is 0 Å². The average Bonchev–Trinajstić information content (AvgIpc) is 3.02. The van der Waals surface area contributed by atoms with Crippen LogP contribution in [0.4, 0.5) is 0 Å². The Morgan fingerprint density at radius 2 is 2.28 bits per heavy atom. The van der Waals surface area contributed by atoms with Gasteiger partial charge in [0.1, 0.15) is 0 Å². The first-order valence-corrected chi connectivity index (χ1v) is 7.05. The Labute approximate surface area is 109 Å². The second-order valence-corrected chi connectivity index (χ2v) is 5.77. The Balaban J connectivity index is 1.44. The molecule has 3 unspecified atom stereocenters. The summed E-state index contributed by atoms with van der Waals surface area (Å²) in [6.07, 6.45) is 7.81. The molecule has 2 bridgehead atoms. The normalized spacial score (nSPS) is 29.7. The van der Waals surface area contributed by atoms with Crippen LogP contribution >= 0.6 is 0 Å². The van der Waals surface area contributed by atoms with Crippen molar-refractivity contribution < 1.29 is 4.74 Å². The first-order chi connectivity index (χ1) is 8.85. The van der Waals surface area contributed by atoms with Crippen molar-refractivity contribution in [1.82, 2.24) is 10.3 Å². The fraction of sp³-hybridized carbons (Fsp3) is 0.667. The topological polar surface area (TPSA) is 34.1 Å². The van der Waals surface area contributed by atoms with Crippen molar-refractivity contribution in [3.63, 3.8) is 0 Å². The highest BCUT2D eigenvalue weighted by Gasteiger charge is 2.38. The van der Waals surface area contributed by atoms with Crippen molar-refractivity contribution in [3.05, 3.63) is 23.9 Å². The Hall–Kier alpha value is -1.09. The van der Waals surface area contributed by atoms with E-state index in [1.807, 2.05) is 12.3 Å². The van der Waals surface area contributed by atoms with E-state index in [-0.39, 0.29) is 0 Å². The molecule has 3 heteroatoms. The molecule has 98 valence electrons. The third-order valence-electron chi connectivity index (χ3n) is 4.63. The van der Waals surface area contributed by atoms with Gasteiger partial charge < -0.3 is 10.1 Å². The highest BCUT2D eigenvalue weighted by atomic mass is 16.5. The van der Waals surface area contributed by atoms with Gasteiger partial charge in [0.05, 0.1) is 7.11 Å². The molecule has 3 nitrogen and oxygen atoms in total. The summed E-state index contributed by atoms with van der Waals surface area (Å²) in [6.45, 7) is 2.10. The molecule has 1 N–H and O–H groups in total. The molecule has 0 aromatic carbocycles. The number of nitrogens with one attached hydrogen (secondary N) is 1. The molecule has 0 amide bonds. The maximum atomic E-state index is 5.06. The quantitative estimate of drug-likeness (QED) is 0.867. The number of hydrogen-bond donors (Lipinski definition) is 1. The smallest absolute Gasteiger partial charge is 0.212 e. The van der Waals surface area contributed by atoms with Gasteiger partial charge >= 0.3 is 0 Å². The van der Waals surface area contributed by atoms with E-state index >= 15 is 0 Å². The van der Waals surface area contributed by atoms with E-state index in [2.05, 4.69) is 16.4 Å². The lowest BCUT2D eigenvalue weighted by molar-refractivity contribution is 0.318. The van der Waals surface area contributed by atoms with Gasteiger partial charge in [0.25, 0.3) is 0 Å². The number of hydrogen-bond acceptors (Lipinski definition) is 3. The molecule has 18 heavy (non-hydrogen) atoms. The van der Waals surface area contributed by atoms with Gasteiger partial charge in [-0.15, -0.1) is 0 Å². The van der Waals surface area contributed by atoms with Crippen molar-refractivity contribution in [2.75, 3.05) is 13.7 Å². The lowest BCUT2D eigenvalue weighted by atomic mass is 9.89. The average molecular weight is 246 g/mol. The van der Waals surface area contributed by atoms with Crippen LogP contribution in [0.2, 0.25) is 0 Å². The second kappa shape index (κ2) is 5.27.